The Morgan fingerprint density at radius 1 is 0.895 bits per heavy atom. The lowest BCUT2D eigenvalue weighted by Gasteiger charge is -2.13. The van der Waals surface area contributed by atoms with Crippen LogP contribution in [0.25, 0.3) is 0 Å². The third-order valence-corrected chi connectivity index (χ3v) is 3.24. The molecule has 19 heavy (non-hydrogen) atoms. The topological polar surface area (TPSA) is 17.1 Å². The Labute approximate surface area is 114 Å². The van der Waals surface area contributed by atoms with Gasteiger partial charge in [-0.3, -0.25) is 4.79 Å². The summed E-state index contributed by atoms with van der Waals surface area (Å²) in [4.78, 5) is 10.5. The van der Waals surface area contributed by atoms with Gasteiger partial charge in [0.1, 0.15) is 6.29 Å². The van der Waals surface area contributed by atoms with Crippen molar-refractivity contribution < 1.29 is 4.79 Å². The molecular weight excluding hydrogens is 232 g/mol. The number of rotatable bonds is 6. The number of hydrogen-bond acceptors (Lipinski definition) is 1. The number of carbonyl (C=O) groups excluding carboxylic acids is 1. The van der Waals surface area contributed by atoms with Crippen molar-refractivity contribution in [3.63, 3.8) is 0 Å². The number of allylic oxidation sites excluding steroid dienone is 2. The highest BCUT2D eigenvalue weighted by atomic mass is 16.1. The van der Waals surface area contributed by atoms with Gasteiger partial charge >= 0.3 is 0 Å². The summed E-state index contributed by atoms with van der Waals surface area (Å²) >= 11 is 0. The van der Waals surface area contributed by atoms with Crippen LogP contribution in [0.4, 0.5) is 0 Å². The summed E-state index contributed by atoms with van der Waals surface area (Å²) in [5.41, 5.74) is 2.60. The molecule has 0 unspecified atom stereocenters. The normalized spacial score (nSPS) is 12.4. The first kappa shape index (κ1) is 13.3. The molecule has 2 aromatic carbocycles. The zero-order valence-corrected chi connectivity index (χ0v) is 10.9. The summed E-state index contributed by atoms with van der Waals surface area (Å²) in [6.45, 7) is 0. The third-order valence-electron chi connectivity index (χ3n) is 3.24. The number of aldehydes is 1. The zero-order chi connectivity index (χ0) is 13.3. The molecule has 0 heterocycles. The molecule has 0 aliphatic carbocycles. The number of hydrogen-bond donors (Lipinski definition) is 0. The molecule has 0 aliphatic rings. The van der Waals surface area contributed by atoms with Crippen molar-refractivity contribution in [3.8, 4) is 0 Å². The van der Waals surface area contributed by atoms with E-state index >= 15 is 0 Å². The van der Waals surface area contributed by atoms with Gasteiger partial charge in [0.05, 0.1) is 0 Å². The fourth-order valence-corrected chi connectivity index (χ4v) is 2.22. The van der Waals surface area contributed by atoms with Gasteiger partial charge in [-0.2, -0.15) is 0 Å². The number of carbonyl (C=O) groups is 1. The highest BCUT2D eigenvalue weighted by molar-refractivity contribution is 5.65. The molecule has 0 N–H and O–H groups in total. The lowest BCUT2D eigenvalue weighted by atomic mass is 9.92. The average Bonchev–Trinajstić information content (AvgIpc) is 2.49. The lowest BCUT2D eigenvalue weighted by molar-refractivity contribution is -0.104. The largest absolute Gasteiger partial charge is 0.299 e. The van der Waals surface area contributed by atoms with E-state index in [1.807, 2.05) is 30.3 Å². The molecule has 0 saturated heterocycles. The van der Waals surface area contributed by atoms with E-state index in [2.05, 4.69) is 36.4 Å². The summed E-state index contributed by atoms with van der Waals surface area (Å²) in [6.07, 6.45) is 6.47. The minimum Gasteiger partial charge on any atom is -0.299 e. The molecule has 0 radical (unpaired) electrons. The second-order valence-corrected chi connectivity index (χ2v) is 4.56. The van der Waals surface area contributed by atoms with Crippen molar-refractivity contribution >= 4 is 6.29 Å². The van der Waals surface area contributed by atoms with Crippen molar-refractivity contribution in [1.29, 1.82) is 0 Å². The van der Waals surface area contributed by atoms with Crippen LogP contribution < -0.4 is 0 Å². The van der Waals surface area contributed by atoms with E-state index in [4.69, 9.17) is 0 Å². The van der Waals surface area contributed by atoms with Gasteiger partial charge in [0.25, 0.3) is 0 Å². The maximum atomic E-state index is 10.5. The number of benzene rings is 2. The van der Waals surface area contributed by atoms with Gasteiger partial charge in [0.2, 0.25) is 0 Å². The zero-order valence-electron chi connectivity index (χ0n) is 10.9. The highest BCUT2D eigenvalue weighted by Crippen LogP contribution is 2.23. The minimum atomic E-state index is 0.298. The molecule has 0 aliphatic heterocycles. The van der Waals surface area contributed by atoms with Crippen LogP contribution in [0.15, 0.2) is 72.8 Å². The van der Waals surface area contributed by atoms with E-state index in [0.717, 1.165) is 19.1 Å². The maximum Gasteiger partial charge on any atom is 0.142 e. The molecule has 0 bridgehead atoms. The van der Waals surface area contributed by atoms with Crippen LogP contribution in [0.2, 0.25) is 0 Å². The van der Waals surface area contributed by atoms with Crippen LogP contribution in [0.3, 0.4) is 0 Å². The molecule has 1 atom stereocenters. The molecule has 0 fully saturated rings. The average molecular weight is 250 g/mol. The van der Waals surface area contributed by atoms with Crippen LogP contribution in [-0.4, -0.2) is 6.29 Å². The predicted octanol–water partition coefficient (Wildman–Crippen LogP) is 4.16. The fraction of sp³-hybridized carbons (Fsp3) is 0.167. The second kappa shape index (κ2) is 7.32. The maximum absolute atomic E-state index is 10.5. The standard InChI is InChI=1S/C18H18O/c19-15-7-12-18(17-10-5-2-6-11-17)14-13-16-8-3-1-4-9-16/h1-12,15,18H,13-14H2/b12-7+/t18-/m1/s1. The molecular formula is C18H18O. The molecule has 1 nitrogen and oxygen atoms in total. The molecule has 0 amide bonds. The molecule has 96 valence electrons. The van der Waals surface area contributed by atoms with E-state index in [0.29, 0.717) is 5.92 Å². The SMILES string of the molecule is O=C/C=C/[C@H](CCc1ccccc1)c1ccccc1. The molecule has 2 rings (SSSR count). The minimum absolute atomic E-state index is 0.298. The Morgan fingerprint density at radius 3 is 2.16 bits per heavy atom. The summed E-state index contributed by atoms with van der Waals surface area (Å²) in [5.74, 6) is 0.298. The Hall–Kier alpha value is -2.15. The first-order chi connectivity index (χ1) is 9.40. The van der Waals surface area contributed by atoms with Crippen LogP contribution in [-0.2, 0) is 11.2 Å². The molecule has 2 aromatic rings. The first-order valence-corrected chi connectivity index (χ1v) is 6.61. The van der Waals surface area contributed by atoms with Crippen molar-refractivity contribution in [3.05, 3.63) is 83.9 Å². The second-order valence-electron chi connectivity index (χ2n) is 4.56. The molecule has 1 heteroatoms. The summed E-state index contributed by atoms with van der Waals surface area (Å²) in [7, 11) is 0. The van der Waals surface area contributed by atoms with Crippen LogP contribution >= 0.6 is 0 Å². The molecule has 0 aromatic heterocycles. The first-order valence-electron chi connectivity index (χ1n) is 6.61. The monoisotopic (exact) mass is 250 g/mol. The van der Waals surface area contributed by atoms with Gasteiger partial charge in [0, 0.05) is 5.92 Å². The van der Waals surface area contributed by atoms with Crippen molar-refractivity contribution in [2.24, 2.45) is 0 Å². The highest BCUT2D eigenvalue weighted by Gasteiger charge is 2.07. The van der Waals surface area contributed by atoms with E-state index in [1.165, 1.54) is 11.1 Å². The van der Waals surface area contributed by atoms with Gasteiger partial charge in [0.15, 0.2) is 0 Å². The fourth-order valence-electron chi connectivity index (χ4n) is 2.22. The Kier molecular flexibility index (Phi) is 5.12. The molecule has 0 spiro atoms. The van der Waals surface area contributed by atoms with Crippen molar-refractivity contribution in [2.75, 3.05) is 0 Å². The summed E-state index contributed by atoms with van der Waals surface area (Å²) in [6, 6.07) is 20.8. The van der Waals surface area contributed by atoms with Crippen LogP contribution in [0.5, 0.6) is 0 Å². The summed E-state index contributed by atoms with van der Waals surface area (Å²) < 4.78 is 0. The predicted molar refractivity (Wildman–Crippen MR) is 79.2 cm³/mol. The Morgan fingerprint density at radius 2 is 1.53 bits per heavy atom. The third kappa shape index (κ3) is 4.22. The smallest absolute Gasteiger partial charge is 0.142 e. The van der Waals surface area contributed by atoms with E-state index in [1.54, 1.807) is 6.08 Å². The van der Waals surface area contributed by atoms with Gasteiger partial charge in [-0.05, 0) is 30.0 Å². The molecule has 0 saturated carbocycles. The van der Waals surface area contributed by atoms with Crippen LogP contribution in [0, 0.1) is 0 Å². The van der Waals surface area contributed by atoms with Gasteiger partial charge in [-0.25, -0.2) is 0 Å². The van der Waals surface area contributed by atoms with Gasteiger partial charge in [-0.1, -0.05) is 66.7 Å². The Balaban J connectivity index is 2.06. The van der Waals surface area contributed by atoms with Gasteiger partial charge in [-0.15, -0.1) is 0 Å². The van der Waals surface area contributed by atoms with Crippen molar-refractivity contribution in [2.45, 2.75) is 18.8 Å². The van der Waals surface area contributed by atoms with Gasteiger partial charge < -0.3 is 0 Å². The van der Waals surface area contributed by atoms with Crippen LogP contribution in [0.1, 0.15) is 23.5 Å². The lowest BCUT2D eigenvalue weighted by Crippen LogP contribution is -1.98. The quantitative estimate of drug-likeness (QED) is 0.556. The van der Waals surface area contributed by atoms with Crippen molar-refractivity contribution in [1.82, 2.24) is 0 Å². The number of aryl methyl sites for hydroxylation is 1. The van der Waals surface area contributed by atoms with E-state index in [9.17, 15) is 4.79 Å². The Bertz CT molecular complexity index is 514. The van der Waals surface area contributed by atoms with E-state index in [-0.39, 0.29) is 0 Å². The summed E-state index contributed by atoms with van der Waals surface area (Å²) in [5, 5.41) is 0. The van der Waals surface area contributed by atoms with E-state index < -0.39 is 0 Å².